The number of anilines is 2. The highest BCUT2D eigenvalue weighted by Gasteiger charge is 2.25. The molecule has 1 aliphatic heterocycles. The van der Waals surface area contributed by atoms with Crippen molar-refractivity contribution in [1.82, 2.24) is 14.8 Å². The molecule has 1 saturated heterocycles. The lowest BCUT2D eigenvalue weighted by Gasteiger charge is -2.34. The lowest BCUT2D eigenvalue weighted by molar-refractivity contribution is 0.0671. The fraction of sp³-hybridized carbons (Fsp3) is 0.480. The van der Waals surface area contributed by atoms with E-state index in [2.05, 4.69) is 10.3 Å². The van der Waals surface area contributed by atoms with Gasteiger partial charge in [-0.15, -0.1) is 0 Å². The van der Waals surface area contributed by atoms with Crippen molar-refractivity contribution in [3.05, 3.63) is 48.3 Å². The molecule has 0 unspecified atom stereocenters. The number of pyridine rings is 1. The maximum atomic E-state index is 13.0. The number of nitrogens with zero attached hydrogens (tertiary/aromatic N) is 3. The Balaban J connectivity index is 1.25. The quantitative estimate of drug-likeness (QED) is 0.691. The van der Waals surface area contributed by atoms with Crippen LogP contribution in [-0.4, -0.2) is 59.5 Å². The fourth-order valence-electron chi connectivity index (χ4n) is 4.56. The molecule has 8 heteroatoms. The molecule has 1 aromatic heterocycles. The molecule has 0 atom stereocenters. The predicted molar refractivity (Wildman–Crippen MR) is 128 cm³/mol. The van der Waals surface area contributed by atoms with Crippen molar-refractivity contribution in [2.45, 2.75) is 38.5 Å². The first-order chi connectivity index (χ1) is 16.1. The molecule has 2 fully saturated rings. The zero-order valence-corrected chi connectivity index (χ0v) is 19.0. The van der Waals surface area contributed by atoms with Crippen molar-refractivity contribution >= 4 is 23.3 Å². The second-order valence-corrected chi connectivity index (χ2v) is 8.89. The molecule has 2 heterocycles. The SMILES string of the molecule is Nc1cncc(NC(=O)N2CCN(C(=O)c3cccc(OCCC4CCCCC4)c3)CC2)c1. The summed E-state index contributed by atoms with van der Waals surface area (Å²) in [6.45, 7) is 2.58. The van der Waals surface area contributed by atoms with Gasteiger partial charge in [0.05, 0.1) is 24.2 Å². The molecule has 0 spiro atoms. The number of piperazine rings is 1. The topological polar surface area (TPSA) is 101 Å². The summed E-state index contributed by atoms with van der Waals surface area (Å²) in [6.07, 6.45) is 10.8. The predicted octanol–water partition coefficient (Wildman–Crippen LogP) is 4.00. The van der Waals surface area contributed by atoms with E-state index < -0.39 is 0 Å². The highest BCUT2D eigenvalue weighted by Crippen LogP contribution is 2.26. The zero-order valence-electron chi connectivity index (χ0n) is 19.0. The lowest BCUT2D eigenvalue weighted by Crippen LogP contribution is -2.51. The van der Waals surface area contributed by atoms with E-state index in [1.807, 2.05) is 24.3 Å². The summed E-state index contributed by atoms with van der Waals surface area (Å²) in [6, 6.07) is 8.87. The number of ether oxygens (including phenoxy) is 1. The van der Waals surface area contributed by atoms with E-state index in [0.717, 1.165) is 18.1 Å². The Bertz CT molecular complexity index is 953. The second kappa shape index (κ2) is 11.0. The first kappa shape index (κ1) is 22.9. The number of amides is 3. The van der Waals surface area contributed by atoms with Crippen LogP contribution in [0.15, 0.2) is 42.7 Å². The molecule has 176 valence electrons. The molecular formula is C25H33N5O3. The summed E-state index contributed by atoms with van der Waals surface area (Å²) < 4.78 is 5.95. The monoisotopic (exact) mass is 451 g/mol. The van der Waals surface area contributed by atoms with E-state index in [-0.39, 0.29) is 11.9 Å². The Morgan fingerprint density at radius 3 is 2.55 bits per heavy atom. The van der Waals surface area contributed by atoms with Gasteiger partial charge in [-0.05, 0) is 36.6 Å². The van der Waals surface area contributed by atoms with Gasteiger partial charge in [0.1, 0.15) is 5.75 Å². The van der Waals surface area contributed by atoms with Crippen molar-refractivity contribution in [2.75, 3.05) is 43.8 Å². The number of aromatic nitrogens is 1. The molecule has 1 aliphatic carbocycles. The smallest absolute Gasteiger partial charge is 0.322 e. The highest BCUT2D eigenvalue weighted by atomic mass is 16.5. The molecule has 4 rings (SSSR count). The molecule has 0 bridgehead atoms. The largest absolute Gasteiger partial charge is 0.494 e. The van der Waals surface area contributed by atoms with E-state index in [0.29, 0.717) is 49.7 Å². The lowest BCUT2D eigenvalue weighted by atomic mass is 9.87. The Hall–Kier alpha value is -3.29. The second-order valence-electron chi connectivity index (χ2n) is 8.89. The van der Waals surface area contributed by atoms with Crippen LogP contribution in [0.4, 0.5) is 16.2 Å². The minimum absolute atomic E-state index is 0.0344. The van der Waals surface area contributed by atoms with Crippen LogP contribution in [0.2, 0.25) is 0 Å². The number of urea groups is 1. The van der Waals surface area contributed by atoms with Crippen molar-refractivity contribution < 1.29 is 14.3 Å². The maximum Gasteiger partial charge on any atom is 0.322 e. The van der Waals surface area contributed by atoms with E-state index in [1.54, 1.807) is 22.1 Å². The van der Waals surface area contributed by atoms with Gasteiger partial charge in [0, 0.05) is 37.9 Å². The molecule has 8 nitrogen and oxygen atoms in total. The number of carbonyl (C=O) groups excluding carboxylic acids is 2. The number of benzene rings is 1. The van der Waals surface area contributed by atoms with Crippen LogP contribution < -0.4 is 15.8 Å². The number of nitrogens with two attached hydrogens (primary N) is 1. The van der Waals surface area contributed by atoms with Gasteiger partial charge >= 0.3 is 6.03 Å². The van der Waals surface area contributed by atoms with Crippen LogP contribution in [-0.2, 0) is 0 Å². The van der Waals surface area contributed by atoms with Gasteiger partial charge in [-0.2, -0.15) is 0 Å². The minimum Gasteiger partial charge on any atom is -0.494 e. The molecule has 1 saturated carbocycles. The summed E-state index contributed by atoms with van der Waals surface area (Å²) >= 11 is 0. The highest BCUT2D eigenvalue weighted by molar-refractivity contribution is 5.95. The third kappa shape index (κ3) is 6.37. The Morgan fingerprint density at radius 1 is 1.03 bits per heavy atom. The molecule has 3 amide bonds. The van der Waals surface area contributed by atoms with Crippen molar-refractivity contribution in [2.24, 2.45) is 5.92 Å². The number of hydrogen-bond donors (Lipinski definition) is 2. The Morgan fingerprint density at radius 2 is 1.79 bits per heavy atom. The van der Waals surface area contributed by atoms with Crippen molar-refractivity contribution in [3.63, 3.8) is 0 Å². The van der Waals surface area contributed by atoms with Crippen LogP contribution >= 0.6 is 0 Å². The summed E-state index contributed by atoms with van der Waals surface area (Å²) in [4.78, 5) is 33.0. The zero-order chi connectivity index (χ0) is 23.0. The summed E-state index contributed by atoms with van der Waals surface area (Å²) in [5, 5.41) is 2.80. The van der Waals surface area contributed by atoms with Crippen LogP contribution in [0.5, 0.6) is 5.75 Å². The van der Waals surface area contributed by atoms with Gasteiger partial charge in [0.15, 0.2) is 0 Å². The third-order valence-electron chi connectivity index (χ3n) is 6.47. The summed E-state index contributed by atoms with van der Waals surface area (Å²) in [7, 11) is 0. The van der Waals surface area contributed by atoms with E-state index in [9.17, 15) is 9.59 Å². The van der Waals surface area contributed by atoms with Crippen LogP contribution in [0, 0.1) is 5.92 Å². The van der Waals surface area contributed by atoms with Crippen molar-refractivity contribution in [3.8, 4) is 5.75 Å². The molecule has 2 aromatic rings. The summed E-state index contributed by atoms with van der Waals surface area (Å²) in [5.41, 5.74) is 7.37. The van der Waals surface area contributed by atoms with Gasteiger partial charge in [0.25, 0.3) is 5.91 Å². The normalized spacial score (nSPS) is 17.0. The fourth-order valence-corrected chi connectivity index (χ4v) is 4.56. The Labute approximate surface area is 195 Å². The maximum absolute atomic E-state index is 13.0. The summed E-state index contributed by atoms with van der Waals surface area (Å²) in [5.74, 6) is 1.48. The van der Waals surface area contributed by atoms with Gasteiger partial charge in [-0.1, -0.05) is 38.2 Å². The van der Waals surface area contributed by atoms with Crippen LogP contribution in [0.25, 0.3) is 0 Å². The van der Waals surface area contributed by atoms with E-state index in [4.69, 9.17) is 10.5 Å². The number of rotatable bonds is 6. The molecule has 2 aliphatic rings. The van der Waals surface area contributed by atoms with E-state index >= 15 is 0 Å². The molecular weight excluding hydrogens is 418 g/mol. The number of nitrogen functional groups attached to an aromatic ring is 1. The van der Waals surface area contributed by atoms with Crippen LogP contribution in [0.3, 0.4) is 0 Å². The third-order valence-corrected chi connectivity index (χ3v) is 6.47. The Kier molecular flexibility index (Phi) is 7.65. The molecule has 3 N–H and O–H groups in total. The minimum atomic E-state index is -0.220. The van der Waals surface area contributed by atoms with Gasteiger partial charge in [-0.3, -0.25) is 9.78 Å². The van der Waals surface area contributed by atoms with Gasteiger partial charge in [0.2, 0.25) is 0 Å². The van der Waals surface area contributed by atoms with Crippen LogP contribution in [0.1, 0.15) is 48.9 Å². The first-order valence-electron chi connectivity index (χ1n) is 11.9. The molecule has 1 aromatic carbocycles. The number of hydrogen-bond acceptors (Lipinski definition) is 5. The molecule has 33 heavy (non-hydrogen) atoms. The van der Waals surface area contributed by atoms with Crippen molar-refractivity contribution in [1.29, 1.82) is 0 Å². The average Bonchev–Trinajstić information content (AvgIpc) is 2.84. The number of nitrogens with one attached hydrogen (secondary N) is 1. The molecule has 0 radical (unpaired) electrons. The average molecular weight is 452 g/mol. The number of carbonyl (C=O) groups is 2. The van der Waals surface area contributed by atoms with E-state index in [1.165, 1.54) is 38.3 Å². The standard InChI is InChI=1S/C25H33N5O3/c26-21-16-22(18-27-17-21)28-25(32)30-12-10-29(11-13-30)24(31)20-7-4-8-23(15-20)33-14-9-19-5-2-1-3-6-19/h4,7-8,15-19H,1-3,5-6,9-14,26H2,(H,28,32). The first-order valence-corrected chi connectivity index (χ1v) is 11.9. The van der Waals surface area contributed by atoms with Gasteiger partial charge in [-0.25, -0.2) is 4.79 Å². The van der Waals surface area contributed by atoms with Gasteiger partial charge < -0.3 is 25.6 Å².